The Balaban J connectivity index is 2.10. The van der Waals surface area contributed by atoms with Gasteiger partial charge in [-0.05, 0) is 20.3 Å². The molecular weight excluding hydrogens is 283 g/mol. The highest BCUT2D eigenvalue weighted by Crippen LogP contribution is 2.36. The van der Waals surface area contributed by atoms with Crippen LogP contribution in [0, 0.1) is 13.8 Å². The summed E-state index contributed by atoms with van der Waals surface area (Å²) in [5, 5.41) is 11.1. The van der Waals surface area contributed by atoms with Crippen LogP contribution in [-0.2, 0) is 13.2 Å². The Morgan fingerprint density at radius 2 is 2.00 bits per heavy atom. The molecule has 1 aliphatic rings. The summed E-state index contributed by atoms with van der Waals surface area (Å²) in [4.78, 5) is 0. The van der Waals surface area contributed by atoms with E-state index in [-0.39, 0.29) is 6.04 Å². The highest BCUT2D eigenvalue weighted by Gasteiger charge is 2.37. The molecule has 2 aromatic rings. The van der Waals surface area contributed by atoms with Gasteiger partial charge in [-0.15, -0.1) is 0 Å². The molecule has 21 heavy (non-hydrogen) atoms. The van der Waals surface area contributed by atoms with Crippen molar-refractivity contribution >= 4 is 5.82 Å². The normalized spacial score (nSPS) is 18.5. The van der Waals surface area contributed by atoms with Crippen LogP contribution in [0.1, 0.15) is 35.1 Å². The lowest BCUT2D eigenvalue weighted by Crippen LogP contribution is -2.25. The smallest absolute Gasteiger partial charge is 0.370 e. The Morgan fingerprint density at radius 1 is 1.29 bits per heavy atom. The maximum Gasteiger partial charge on any atom is 0.435 e. The first-order valence-corrected chi connectivity index (χ1v) is 6.69. The Labute approximate surface area is 119 Å². The van der Waals surface area contributed by atoms with Crippen molar-refractivity contribution in [1.82, 2.24) is 19.6 Å². The van der Waals surface area contributed by atoms with Gasteiger partial charge in [0.2, 0.25) is 0 Å². The number of alkyl halides is 3. The number of aryl methyl sites for hydroxylation is 2. The molecule has 1 N–H and O–H groups in total. The maximum atomic E-state index is 12.8. The fourth-order valence-corrected chi connectivity index (χ4v) is 2.90. The first-order chi connectivity index (χ1) is 9.79. The highest BCUT2D eigenvalue weighted by molar-refractivity contribution is 5.43. The Kier molecular flexibility index (Phi) is 3.00. The van der Waals surface area contributed by atoms with Crippen molar-refractivity contribution in [3.63, 3.8) is 0 Å². The molecular formula is C13H16F3N5. The average Bonchev–Trinajstić information content (AvgIpc) is 2.92. The zero-order valence-corrected chi connectivity index (χ0v) is 12.0. The SMILES string of the molecule is Cc1nn(C)c(C)c1C1CCNc2cc(C(F)(F)F)nn21. The molecule has 5 nitrogen and oxygen atoms in total. The van der Waals surface area contributed by atoms with E-state index in [0.717, 1.165) is 23.0 Å². The molecule has 3 rings (SSSR count). The lowest BCUT2D eigenvalue weighted by atomic mass is 10.0. The van der Waals surface area contributed by atoms with Crippen LogP contribution in [0.4, 0.5) is 19.0 Å². The van der Waals surface area contributed by atoms with Gasteiger partial charge in [0.05, 0.1) is 11.7 Å². The van der Waals surface area contributed by atoms with Crippen LogP contribution in [-0.4, -0.2) is 26.1 Å². The predicted octanol–water partition coefficient (Wildman–Crippen LogP) is 2.66. The minimum Gasteiger partial charge on any atom is -0.370 e. The number of nitrogens with zero attached hydrogens (tertiary/aromatic N) is 4. The zero-order valence-electron chi connectivity index (χ0n) is 12.0. The Bertz CT molecular complexity index is 683. The summed E-state index contributed by atoms with van der Waals surface area (Å²) in [7, 11) is 1.83. The van der Waals surface area contributed by atoms with E-state index in [2.05, 4.69) is 15.5 Å². The van der Waals surface area contributed by atoms with Gasteiger partial charge < -0.3 is 5.32 Å². The van der Waals surface area contributed by atoms with Crippen molar-refractivity contribution in [3.8, 4) is 0 Å². The summed E-state index contributed by atoms with van der Waals surface area (Å²) in [6.45, 7) is 4.41. The van der Waals surface area contributed by atoms with Crippen LogP contribution < -0.4 is 5.32 Å². The number of hydrogen-bond donors (Lipinski definition) is 1. The molecule has 0 amide bonds. The standard InChI is InChI=1S/C13H16F3N5/c1-7-12(8(2)20(3)18-7)9-4-5-17-11-6-10(13(14,15)16)19-21(9)11/h6,9,17H,4-5H2,1-3H3. The molecule has 0 radical (unpaired) electrons. The third-order valence-corrected chi connectivity index (χ3v) is 3.94. The summed E-state index contributed by atoms with van der Waals surface area (Å²) in [6, 6.07) is 0.846. The molecule has 0 saturated carbocycles. The third-order valence-electron chi connectivity index (χ3n) is 3.94. The van der Waals surface area contributed by atoms with E-state index in [1.165, 1.54) is 4.68 Å². The van der Waals surface area contributed by atoms with Crippen LogP contribution >= 0.6 is 0 Å². The van der Waals surface area contributed by atoms with E-state index in [4.69, 9.17) is 0 Å². The lowest BCUT2D eigenvalue weighted by Gasteiger charge is -2.26. The predicted molar refractivity (Wildman–Crippen MR) is 71.2 cm³/mol. The van der Waals surface area contributed by atoms with Crippen LogP contribution in [0.3, 0.4) is 0 Å². The largest absolute Gasteiger partial charge is 0.435 e. The van der Waals surface area contributed by atoms with E-state index >= 15 is 0 Å². The Morgan fingerprint density at radius 3 is 2.57 bits per heavy atom. The van der Waals surface area contributed by atoms with E-state index in [9.17, 15) is 13.2 Å². The average molecular weight is 299 g/mol. The molecule has 0 bridgehead atoms. The summed E-state index contributed by atoms with van der Waals surface area (Å²) < 4.78 is 41.7. The fraction of sp³-hybridized carbons (Fsp3) is 0.538. The monoisotopic (exact) mass is 299 g/mol. The van der Waals surface area contributed by atoms with Crippen LogP contribution in [0.25, 0.3) is 0 Å². The van der Waals surface area contributed by atoms with Crippen LogP contribution in [0.2, 0.25) is 0 Å². The van der Waals surface area contributed by atoms with Gasteiger partial charge in [-0.3, -0.25) is 4.68 Å². The minimum absolute atomic E-state index is 0.217. The van der Waals surface area contributed by atoms with Gasteiger partial charge in [0, 0.05) is 30.9 Å². The molecule has 8 heteroatoms. The Hall–Kier alpha value is -1.99. The van der Waals surface area contributed by atoms with Gasteiger partial charge >= 0.3 is 6.18 Å². The number of halogens is 3. The van der Waals surface area contributed by atoms with Crippen molar-refractivity contribution in [2.45, 2.75) is 32.5 Å². The van der Waals surface area contributed by atoms with Crippen LogP contribution in [0.15, 0.2) is 6.07 Å². The maximum absolute atomic E-state index is 12.8. The molecule has 1 unspecified atom stereocenters. The van der Waals surface area contributed by atoms with Crippen molar-refractivity contribution in [2.75, 3.05) is 11.9 Å². The molecule has 0 spiro atoms. The first-order valence-electron chi connectivity index (χ1n) is 6.69. The summed E-state index contributed by atoms with van der Waals surface area (Å²) in [5.41, 5.74) is 1.87. The quantitative estimate of drug-likeness (QED) is 0.880. The van der Waals surface area contributed by atoms with E-state index in [0.29, 0.717) is 18.8 Å². The first kappa shape index (κ1) is 14.0. The van der Waals surface area contributed by atoms with Gasteiger partial charge in [-0.25, -0.2) is 4.68 Å². The number of anilines is 1. The summed E-state index contributed by atoms with van der Waals surface area (Å²) >= 11 is 0. The number of fused-ring (bicyclic) bond motifs is 1. The zero-order chi connectivity index (χ0) is 15.4. The van der Waals surface area contributed by atoms with Gasteiger partial charge in [0.1, 0.15) is 5.82 Å². The molecule has 0 aliphatic carbocycles. The second-order valence-electron chi connectivity index (χ2n) is 5.30. The van der Waals surface area contributed by atoms with Crippen molar-refractivity contribution in [3.05, 3.63) is 28.7 Å². The molecule has 2 aromatic heterocycles. The number of rotatable bonds is 1. The van der Waals surface area contributed by atoms with Crippen molar-refractivity contribution < 1.29 is 13.2 Å². The summed E-state index contributed by atoms with van der Waals surface area (Å²) in [6.07, 6.45) is -3.76. The lowest BCUT2D eigenvalue weighted by molar-refractivity contribution is -0.141. The molecule has 0 aromatic carbocycles. The molecule has 1 aliphatic heterocycles. The molecule has 1 atom stereocenters. The topological polar surface area (TPSA) is 47.7 Å². The van der Waals surface area contributed by atoms with Crippen LogP contribution in [0.5, 0.6) is 0 Å². The fourth-order valence-electron chi connectivity index (χ4n) is 2.90. The van der Waals surface area contributed by atoms with Crippen molar-refractivity contribution in [2.24, 2.45) is 7.05 Å². The molecule has 114 valence electrons. The number of nitrogens with one attached hydrogen (secondary N) is 1. The highest BCUT2D eigenvalue weighted by atomic mass is 19.4. The molecule has 0 saturated heterocycles. The van der Waals surface area contributed by atoms with Crippen molar-refractivity contribution in [1.29, 1.82) is 0 Å². The van der Waals surface area contributed by atoms with E-state index in [1.54, 1.807) is 4.68 Å². The minimum atomic E-state index is -4.43. The van der Waals surface area contributed by atoms with E-state index < -0.39 is 11.9 Å². The van der Waals surface area contributed by atoms with Gasteiger partial charge in [-0.1, -0.05) is 0 Å². The second kappa shape index (κ2) is 4.51. The van der Waals surface area contributed by atoms with E-state index in [1.807, 2.05) is 20.9 Å². The molecule has 3 heterocycles. The van der Waals surface area contributed by atoms with Gasteiger partial charge in [0.25, 0.3) is 0 Å². The van der Waals surface area contributed by atoms with Gasteiger partial charge in [0.15, 0.2) is 5.69 Å². The number of aromatic nitrogens is 4. The summed E-state index contributed by atoms with van der Waals surface area (Å²) in [5.74, 6) is 0.404. The second-order valence-corrected chi connectivity index (χ2v) is 5.30. The third kappa shape index (κ3) is 2.18. The molecule has 0 fully saturated rings. The number of hydrogen-bond acceptors (Lipinski definition) is 3. The van der Waals surface area contributed by atoms with Gasteiger partial charge in [-0.2, -0.15) is 23.4 Å².